The quantitative estimate of drug-likeness (QED) is 0.710. The highest BCUT2D eigenvalue weighted by Crippen LogP contribution is 2.19. The van der Waals surface area contributed by atoms with Gasteiger partial charge in [0.05, 0.1) is 11.5 Å². The monoisotopic (exact) mass is 244 g/mol. The van der Waals surface area contributed by atoms with E-state index >= 15 is 0 Å². The molecule has 0 spiro atoms. The Kier molecular flexibility index (Phi) is 6.46. The van der Waals surface area contributed by atoms with Gasteiger partial charge in [-0.05, 0) is 58.2 Å². The summed E-state index contributed by atoms with van der Waals surface area (Å²) >= 11 is 0. The highest BCUT2D eigenvalue weighted by atomic mass is 14.8. The lowest BCUT2D eigenvalue weighted by molar-refractivity contribution is 0.425. The van der Waals surface area contributed by atoms with Crippen LogP contribution in [0.5, 0.6) is 0 Å². The maximum absolute atomic E-state index is 8.89. The minimum Gasteiger partial charge on any atom is -0.317 e. The van der Waals surface area contributed by atoms with E-state index < -0.39 is 0 Å². The Hall–Kier alpha value is -1.33. The zero-order valence-electron chi connectivity index (χ0n) is 11.6. The number of hydrogen-bond donors (Lipinski definition) is 1. The molecular formula is C16H24N2. The highest BCUT2D eigenvalue weighted by molar-refractivity contribution is 5.14. The molecule has 2 nitrogen and oxygen atoms in total. The van der Waals surface area contributed by atoms with E-state index in [9.17, 15) is 0 Å². The van der Waals surface area contributed by atoms with E-state index in [0.29, 0.717) is 0 Å². The number of rotatable bonds is 8. The van der Waals surface area contributed by atoms with E-state index in [1.54, 1.807) is 0 Å². The average molecular weight is 244 g/mol. The van der Waals surface area contributed by atoms with Crippen LogP contribution in [0.15, 0.2) is 30.3 Å². The summed E-state index contributed by atoms with van der Waals surface area (Å²) in [6.07, 6.45) is 4.35. The van der Waals surface area contributed by atoms with Crippen molar-refractivity contribution in [2.75, 3.05) is 13.1 Å². The number of hydrogen-bond acceptors (Lipinski definition) is 2. The molecule has 98 valence electrons. The van der Waals surface area contributed by atoms with Crippen molar-refractivity contribution in [3.63, 3.8) is 0 Å². The van der Waals surface area contributed by atoms with Gasteiger partial charge < -0.3 is 5.32 Å². The molecule has 0 atom stereocenters. The number of nitriles is 1. The largest absolute Gasteiger partial charge is 0.317 e. The van der Waals surface area contributed by atoms with Crippen molar-refractivity contribution in [3.8, 4) is 6.07 Å². The molecule has 0 radical (unpaired) electrons. The molecule has 0 amide bonds. The van der Waals surface area contributed by atoms with Gasteiger partial charge >= 0.3 is 0 Å². The van der Waals surface area contributed by atoms with Gasteiger partial charge in [0, 0.05) is 0 Å². The summed E-state index contributed by atoms with van der Waals surface area (Å²) in [6, 6.07) is 12.9. The van der Waals surface area contributed by atoms with Crippen LogP contribution in [0.2, 0.25) is 0 Å². The molecule has 0 aliphatic carbocycles. The lowest BCUT2D eigenvalue weighted by Gasteiger charge is -2.14. The molecule has 18 heavy (non-hydrogen) atoms. The summed E-state index contributed by atoms with van der Waals surface area (Å²) < 4.78 is 0. The van der Waals surface area contributed by atoms with Crippen molar-refractivity contribution in [1.82, 2.24) is 5.32 Å². The van der Waals surface area contributed by atoms with Gasteiger partial charge in [-0.2, -0.15) is 5.26 Å². The second kappa shape index (κ2) is 7.89. The predicted molar refractivity (Wildman–Crippen MR) is 76.3 cm³/mol. The van der Waals surface area contributed by atoms with E-state index in [2.05, 4.69) is 41.7 Å². The van der Waals surface area contributed by atoms with Crippen LogP contribution in [0, 0.1) is 16.7 Å². The molecule has 0 bridgehead atoms. The molecule has 1 aromatic carbocycles. The van der Waals surface area contributed by atoms with Crippen molar-refractivity contribution in [2.45, 2.75) is 39.5 Å². The SMILES string of the molecule is CC(C)(C#N)CCCNCCCc1ccccc1. The van der Waals surface area contributed by atoms with Gasteiger partial charge in [0.15, 0.2) is 0 Å². The molecule has 1 N–H and O–H groups in total. The van der Waals surface area contributed by atoms with E-state index in [1.165, 1.54) is 12.0 Å². The molecule has 0 saturated carbocycles. The Labute approximate surface area is 111 Å². The minimum atomic E-state index is -0.175. The molecule has 0 aromatic heterocycles. The van der Waals surface area contributed by atoms with Crippen molar-refractivity contribution in [3.05, 3.63) is 35.9 Å². The van der Waals surface area contributed by atoms with E-state index in [1.807, 2.05) is 13.8 Å². The van der Waals surface area contributed by atoms with Crippen molar-refractivity contribution in [1.29, 1.82) is 5.26 Å². The first-order valence-electron chi connectivity index (χ1n) is 6.80. The Morgan fingerprint density at radius 1 is 1.11 bits per heavy atom. The van der Waals surface area contributed by atoms with Gasteiger partial charge in [0.2, 0.25) is 0 Å². The van der Waals surface area contributed by atoms with E-state index in [0.717, 1.165) is 32.4 Å². The zero-order valence-corrected chi connectivity index (χ0v) is 11.6. The summed E-state index contributed by atoms with van der Waals surface area (Å²) in [7, 11) is 0. The van der Waals surface area contributed by atoms with Gasteiger partial charge in [-0.25, -0.2) is 0 Å². The van der Waals surface area contributed by atoms with Crippen LogP contribution < -0.4 is 5.32 Å². The zero-order chi connectivity index (χ0) is 13.3. The molecule has 0 heterocycles. The van der Waals surface area contributed by atoms with Crippen LogP contribution in [0.1, 0.15) is 38.7 Å². The lowest BCUT2D eigenvalue weighted by Crippen LogP contribution is -2.19. The third-order valence-corrected chi connectivity index (χ3v) is 3.12. The Morgan fingerprint density at radius 2 is 1.78 bits per heavy atom. The van der Waals surface area contributed by atoms with Gasteiger partial charge in [-0.3, -0.25) is 0 Å². The fourth-order valence-corrected chi connectivity index (χ4v) is 1.90. The topological polar surface area (TPSA) is 35.8 Å². The molecule has 0 aliphatic heterocycles. The average Bonchev–Trinajstić information content (AvgIpc) is 2.39. The maximum atomic E-state index is 8.89. The van der Waals surface area contributed by atoms with E-state index in [4.69, 9.17) is 5.26 Å². The van der Waals surface area contributed by atoms with Crippen LogP contribution in [0.25, 0.3) is 0 Å². The van der Waals surface area contributed by atoms with Crippen LogP contribution >= 0.6 is 0 Å². The summed E-state index contributed by atoms with van der Waals surface area (Å²) in [5.41, 5.74) is 1.23. The minimum absolute atomic E-state index is 0.175. The lowest BCUT2D eigenvalue weighted by atomic mass is 9.90. The number of nitrogens with zero attached hydrogens (tertiary/aromatic N) is 1. The second-order valence-corrected chi connectivity index (χ2v) is 5.44. The smallest absolute Gasteiger partial charge is 0.0683 e. The maximum Gasteiger partial charge on any atom is 0.0683 e. The predicted octanol–water partition coefficient (Wildman–Crippen LogP) is 3.54. The van der Waals surface area contributed by atoms with Crippen LogP contribution in [-0.4, -0.2) is 13.1 Å². The number of aryl methyl sites for hydroxylation is 1. The van der Waals surface area contributed by atoms with Gasteiger partial charge in [-0.1, -0.05) is 30.3 Å². The van der Waals surface area contributed by atoms with Crippen molar-refractivity contribution in [2.24, 2.45) is 5.41 Å². The first-order valence-corrected chi connectivity index (χ1v) is 6.80. The second-order valence-electron chi connectivity index (χ2n) is 5.44. The standard InChI is InChI=1S/C16H24N2/c1-16(2,14-17)11-7-13-18-12-6-10-15-8-4-3-5-9-15/h3-5,8-9,18H,6-7,10-13H2,1-2H3. The van der Waals surface area contributed by atoms with Gasteiger partial charge in [0.25, 0.3) is 0 Å². The first-order chi connectivity index (χ1) is 8.64. The third kappa shape index (κ3) is 6.42. The van der Waals surface area contributed by atoms with Crippen molar-refractivity contribution >= 4 is 0 Å². The van der Waals surface area contributed by atoms with Crippen molar-refractivity contribution < 1.29 is 0 Å². The highest BCUT2D eigenvalue weighted by Gasteiger charge is 2.14. The van der Waals surface area contributed by atoms with Gasteiger partial charge in [0.1, 0.15) is 0 Å². The van der Waals surface area contributed by atoms with E-state index in [-0.39, 0.29) is 5.41 Å². The van der Waals surface area contributed by atoms with Crippen LogP contribution in [0.3, 0.4) is 0 Å². The fraction of sp³-hybridized carbons (Fsp3) is 0.562. The number of benzene rings is 1. The van der Waals surface area contributed by atoms with Crippen LogP contribution in [-0.2, 0) is 6.42 Å². The molecule has 0 aliphatic rings. The Balaban J connectivity index is 1.98. The number of nitrogens with one attached hydrogen (secondary N) is 1. The molecular weight excluding hydrogens is 220 g/mol. The molecule has 1 aromatic rings. The Morgan fingerprint density at radius 3 is 2.44 bits per heavy atom. The fourth-order valence-electron chi connectivity index (χ4n) is 1.90. The molecule has 2 heteroatoms. The summed E-state index contributed by atoms with van der Waals surface area (Å²) in [4.78, 5) is 0. The molecule has 0 fully saturated rings. The summed E-state index contributed by atoms with van der Waals surface area (Å²) in [5.74, 6) is 0. The molecule has 0 saturated heterocycles. The summed E-state index contributed by atoms with van der Waals surface area (Å²) in [6.45, 7) is 6.08. The van der Waals surface area contributed by atoms with Gasteiger partial charge in [-0.15, -0.1) is 0 Å². The normalized spacial score (nSPS) is 11.2. The third-order valence-electron chi connectivity index (χ3n) is 3.12. The van der Waals surface area contributed by atoms with Crippen LogP contribution in [0.4, 0.5) is 0 Å². The molecule has 0 unspecified atom stereocenters. The first kappa shape index (κ1) is 14.7. The molecule has 1 rings (SSSR count). The Bertz CT molecular complexity index is 362. The summed E-state index contributed by atoms with van der Waals surface area (Å²) in [5, 5.41) is 12.3.